The van der Waals surface area contributed by atoms with E-state index in [0.29, 0.717) is 0 Å². The lowest BCUT2D eigenvalue weighted by Crippen LogP contribution is -2.36. The molecule has 0 spiro atoms. The monoisotopic (exact) mass is 180 g/mol. The van der Waals surface area contributed by atoms with Crippen molar-refractivity contribution < 1.29 is 19.1 Å². The van der Waals surface area contributed by atoms with Crippen molar-refractivity contribution in [1.29, 1.82) is 0 Å². The van der Waals surface area contributed by atoms with Gasteiger partial charge in [-0.05, 0) is 0 Å². The zero-order chi connectivity index (χ0) is 8.85. The highest BCUT2D eigenvalue weighted by atomic mass is 35.5. The Hall–Kier alpha value is -1.30. The molecule has 0 saturated heterocycles. The van der Waals surface area contributed by atoms with Gasteiger partial charge < -0.3 is 10.5 Å². The van der Waals surface area contributed by atoms with E-state index in [4.69, 9.17) is 11.6 Å². The van der Waals surface area contributed by atoms with Crippen molar-refractivity contribution in [2.45, 2.75) is 0 Å². The number of amides is 3. The first kappa shape index (κ1) is 9.70. The van der Waals surface area contributed by atoms with Crippen LogP contribution in [0.2, 0.25) is 0 Å². The molecule has 3 N–H and O–H groups in total. The Morgan fingerprint density at radius 2 is 2.00 bits per heavy atom. The fourth-order valence-electron chi connectivity index (χ4n) is 0.257. The van der Waals surface area contributed by atoms with Crippen LogP contribution in [0.3, 0.4) is 0 Å². The van der Waals surface area contributed by atoms with Crippen LogP contribution in [0, 0.1) is 0 Å². The van der Waals surface area contributed by atoms with Crippen molar-refractivity contribution in [2.24, 2.45) is 5.73 Å². The summed E-state index contributed by atoms with van der Waals surface area (Å²) in [6.07, 6.45) is -1.23. The van der Waals surface area contributed by atoms with E-state index in [2.05, 4.69) is 10.5 Å². The zero-order valence-electron chi connectivity index (χ0n) is 5.30. The maximum Gasteiger partial charge on any atom is 0.423 e. The summed E-state index contributed by atoms with van der Waals surface area (Å²) >= 11 is 4.96. The highest BCUT2D eigenvalue weighted by molar-refractivity contribution is 6.27. The lowest BCUT2D eigenvalue weighted by atomic mass is 10.8. The van der Waals surface area contributed by atoms with Crippen molar-refractivity contribution in [3.63, 3.8) is 0 Å². The summed E-state index contributed by atoms with van der Waals surface area (Å²) in [5.74, 6) is -1.42. The second-order valence-corrected chi connectivity index (χ2v) is 1.65. The van der Waals surface area contributed by atoms with Gasteiger partial charge in [-0.1, -0.05) is 0 Å². The van der Waals surface area contributed by atoms with Gasteiger partial charge in [0.1, 0.15) is 5.88 Å². The Morgan fingerprint density at radius 1 is 1.45 bits per heavy atom. The third-order valence-corrected chi connectivity index (χ3v) is 0.759. The second-order valence-electron chi connectivity index (χ2n) is 1.38. The number of halogens is 1. The van der Waals surface area contributed by atoms with E-state index in [9.17, 15) is 14.4 Å². The summed E-state index contributed by atoms with van der Waals surface area (Å²) in [6.45, 7) is 0. The normalized spacial score (nSPS) is 8.45. The first-order valence-corrected chi connectivity index (χ1v) is 2.96. The smallest absolute Gasteiger partial charge is 0.375 e. The minimum absolute atomic E-state index is 0.466. The number of carbonyl (C=O) groups excluding carboxylic acids is 3. The predicted octanol–water partition coefficient (Wildman–Crippen LogP) is -0.443. The van der Waals surface area contributed by atoms with Crippen molar-refractivity contribution in [3.8, 4) is 0 Å². The molecule has 0 aromatic rings. The number of primary amides is 1. The molecule has 0 aliphatic heterocycles. The number of nitrogens with two attached hydrogens (primary N) is 1. The topological polar surface area (TPSA) is 98.5 Å². The van der Waals surface area contributed by atoms with Gasteiger partial charge in [0.15, 0.2) is 0 Å². The van der Waals surface area contributed by atoms with Crippen LogP contribution in [0.4, 0.5) is 9.59 Å². The third kappa shape index (κ3) is 5.16. The summed E-state index contributed by atoms with van der Waals surface area (Å²) in [7, 11) is 0. The average molecular weight is 181 g/mol. The minimum Gasteiger partial charge on any atom is -0.375 e. The molecule has 7 heteroatoms. The van der Waals surface area contributed by atoms with Crippen LogP contribution in [0.25, 0.3) is 0 Å². The summed E-state index contributed by atoms with van der Waals surface area (Å²) in [5, 5.41) is 1.51. The molecule has 0 aliphatic carbocycles. The van der Waals surface area contributed by atoms with Crippen molar-refractivity contribution in [1.82, 2.24) is 5.32 Å². The fraction of sp³-hybridized carbons (Fsp3) is 0.250. The van der Waals surface area contributed by atoms with Gasteiger partial charge in [-0.25, -0.2) is 14.9 Å². The van der Waals surface area contributed by atoms with Gasteiger partial charge in [0, 0.05) is 0 Å². The molecular weight excluding hydrogens is 176 g/mol. The SMILES string of the molecule is NC(=O)NC(=O)OC(=O)CCl. The number of esters is 1. The van der Waals surface area contributed by atoms with Crippen LogP contribution in [-0.4, -0.2) is 24.0 Å². The van der Waals surface area contributed by atoms with E-state index < -0.39 is 24.0 Å². The van der Waals surface area contributed by atoms with Gasteiger partial charge in [0.2, 0.25) is 0 Å². The third-order valence-electron chi connectivity index (χ3n) is 0.541. The minimum atomic E-state index is -1.23. The molecular formula is C4H5ClN2O4. The van der Waals surface area contributed by atoms with Crippen molar-refractivity contribution in [3.05, 3.63) is 0 Å². The van der Waals surface area contributed by atoms with E-state index in [-0.39, 0.29) is 0 Å². The largest absolute Gasteiger partial charge is 0.423 e. The van der Waals surface area contributed by atoms with E-state index in [1.54, 1.807) is 0 Å². The summed E-state index contributed by atoms with van der Waals surface area (Å²) in [4.78, 5) is 30.5. The molecule has 0 aliphatic rings. The molecule has 0 unspecified atom stereocenters. The Morgan fingerprint density at radius 3 is 2.36 bits per heavy atom. The molecule has 0 atom stereocenters. The van der Waals surface area contributed by atoms with Crippen molar-refractivity contribution in [2.75, 3.05) is 5.88 Å². The molecule has 0 aromatic carbocycles. The van der Waals surface area contributed by atoms with Crippen LogP contribution in [-0.2, 0) is 9.53 Å². The van der Waals surface area contributed by atoms with Crippen LogP contribution >= 0.6 is 11.6 Å². The van der Waals surface area contributed by atoms with Crippen LogP contribution in [0.1, 0.15) is 0 Å². The molecule has 0 bridgehead atoms. The highest BCUT2D eigenvalue weighted by Crippen LogP contribution is 1.83. The zero-order valence-corrected chi connectivity index (χ0v) is 6.05. The molecule has 0 fully saturated rings. The Kier molecular flexibility index (Phi) is 3.97. The first-order chi connectivity index (χ1) is 5.06. The van der Waals surface area contributed by atoms with Gasteiger partial charge in [-0.15, -0.1) is 11.6 Å². The quantitative estimate of drug-likeness (QED) is 0.325. The first-order valence-electron chi connectivity index (χ1n) is 2.43. The van der Waals surface area contributed by atoms with Crippen LogP contribution < -0.4 is 11.1 Å². The number of hydrogen-bond acceptors (Lipinski definition) is 4. The number of urea groups is 1. The summed E-state index contributed by atoms with van der Waals surface area (Å²) in [6, 6.07) is -1.10. The summed E-state index contributed by atoms with van der Waals surface area (Å²) in [5.41, 5.74) is 4.52. The lowest BCUT2D eigenvalue weighted by molar-refractivity contribution is -0.134. The lowest BCUT2D eigenvalue weighted by Gasteiger charge is -1.98. The Labute approximate surface area is 66.6 Å². The van der Waals surface area contributed by atoms with E-state index in [0.717, 1.165) is 0 Å². The van der Waals surface area contributed by atoms with Gasteiger partial charge in [0.25, 0.3) is 0 Å². The van der Waals surface area contributed by atoms with Crippen LogP contribution in [0.15, 0.2) is 0 Å². The number of alkyl carbamates (subject to hydrolysis) is 1. The van der Waals surface area contributed by atoms with E-state index in [1.165, 1.54) is 5.32 Å². The van der Waals surface area contributed by atoms with E-state index in [1.807, 2.05) is 0 Å². The molecule has 0 saturated carbocycles. The molecule has 0 radical (unpaired) electrons. The number of ether oxygens (including phenoxy) is 1. The molecule has 0 aromatic heterocycles. The molecule has 6 nitrogen and oxygen atoms in total. The highest BCUT2D eigenvalue weighted by Gasteiger charge is 2.09. The Bertz CT molecular complexity index is 193. The standard InChI is InChI=1S/C4H5ClN2O4/c5-1-2(8)11-4(10)7-3(6)9/h1H2,(H3,6,7,9,10). The number of rotatable bonds is 1. The Balaban J connectivity index is 3.70. The maximum absolute atomic E-state index is 10.3. The van der Waals surface area contributed by atoms with Gasteiger partial charge in [0.05, 0.1) is 0 Å². The number of hydrogen-bond donors (Lipinski definition) is 2. The van der Waals surface area contributed by atoms with Crippen LogP contribution in [0.5, 0.6) is 0 Å². The van der Waals surface area contributed by atoms with Crippen molar-refractivity contribution >= 4 is 29.7 Å². The molecule has 0 heterocycles. The molecule has 3 amide bonds. The number of nitrogens with one attached hydrogen (secondary N) is 1. The number of alkyl halides is 1. The molecule has 62 valence electrons. The number of carbonyl (C=O) groups is 3. The summed E-state index contributed by atoms with van der Waals surface area (Å²) < 4.78 is 3.89. The van der Waals surface area contributed by atoms with Gasteiger partial charge in [-0.3, -0.25) is 4.79 Å². The predicted molar refractivity (Wildman–Crippen MR) is 34.9 cm³/mol. The average Bonchev–Trinajstić information content (AvgIpc) is 1.85. The molecule has 11 heavy (non-hydrogen) atoms. The van der Waals surface area contributed by atoms with Gasteiger partial charge in [-0.2, -0.15) is 0 Å². The number of imide groups is 1. The van der Waals surface area contributed by atoms with Gasteiger partial charge >= 0.3 is 18.1 Å². The van der Waals surface area contributed by atoms with E-state index >= 15 is 0 Å². The second kappa shape index (κ2) is 4.51. The maximum atomic E-state index is 10.3. The molecule has 0 rings (SSSR count). The fourth-order valence-corrected chi connectivity index (χ4v) is 0.311.